The Morgan fingerprint density at radius 3 is 3.05 bits per heavy atom. The highest BCUT2D eigenvalue weighted by atomic mass is 16.5. The van der Waals surface area contributed by atoms with Gasteiger partial charge in [-0.3, -0.25) is 10.1 Å². The summed E-state index contributed by atoms with van der Waals surface area (Å²) in [6.07, 6.45) is 3.26. The molecule has 0 saturated heterocycles. The normalized spacial score (nSPS) is 10.9. The quantitative estimate of drug-likeness (QED) is 0.755. The average Bonchev–Trinajstić information content (AvgIpc) is 3.12. The first-order valence-corrected chi connectivity index (χ1v) is 6.67. The molecule has 0 spiro atoms. The third-order valence-electron chi connectivity index (χ3n) is 3.29. The summed E-state index contributed by atoms with van der Waals surface area (Å²) in [4.78, 5) is 19.3. The second-order valence-corrected chi connectivity index (χ2v) is 4.62. The molecule has 0 radical (unpaired) electrons. The van der Waals surface area contributed by atoms with E-state index in [1.807, 2.05) is 34.9 Å². The lowest BCUT2D eigenvalue weighted by atomic mass is 10.2. The summed E-state index contributed by atoms with van der Waals surface area (Å²) >= 11 is 0. The van der Waals surface area contributed by atoms with Gasteiger partial charge in [-0.2, -0.15) is 0 Å². The Morgan fingerprint density at radius 1 is 1.43 bits per heavy atom. The molecule has 2 aromatic heterocycles. The van der Waals surface area contributed by atoms with Crippen molar-refractivity contribution in [1.29, 1.82) is 0 Å². The molecule has 0 bridgehead atoms. The number of aromatic amines is 1. The number of carbonyl (C=O) groups is 1. The molecule has 3 rings (SSSR count). The van der Waals surface area contributed by atoms with E-state index < -0.39 is 0 Å². The highest BCUT2D eigenvalue weighted by molar-refractivity contribution is 6.05. The maximum atomic E-state index is 12.4. The monoisotopic (exact) mass is 284 g/mol. The first-order chi connectivity index (χ1) is 10.3. The molecule has 6 nitrogen and oxygen atoms in total. The number of nitrogens with zero attached hydrogens (tertiary/aromatic N) is 2. The van der Waals surface area contributed by atoms with Crippen LogP contribution in [0.1, 0.15) is 10.5 Å². The third-order valence-corrected chi connectivity index (χ3v) is 3.29. The first kappa shape index (κ1) is 13.4. The zero-order valence-electron chi connectivity index (χ0n) is 11.7. The summed E-state index contributed by atoms with van der Waals surface area (Å²) in [5.74, 6) is 0.237. The number of anilines is 1. The van der Waals surface area contributed by atoms with Crippen molar-refractivity contribution in [1.82, 2.24) is 14.5 Å². The van der Waals surface area contributed by atoms with Crippen LogP contribution in [0.3, 0.4) is 0 Å². The van der Waals surface area contributed by atoms with Gasteiger partial charge in [0.15, 0.2) is 0 Å². The Hall–Kier alpha value is -2.60. The Morgan fingerprint density at radius 2 is 2.29 bits per heavy atom. The van der Waals surface area contributed by atoms with Gasteiger partial charge in [-0.15, -0.1) is 0 Å². The van der Waals surface area contributed by atoms with E-state index in [0.29, 0.717) is 24.8 Å². The molecule has 0 unspecified atom stereocenters. The topological polar surface area (TPSA) is 71.9 Å². The number of carbonyl (C=O) groups excluding carboxylic acids is 1. The predicted octanol–water partition coefficient (Wildman–Crippen LogP) is 2.26. The minimum Gasteiger partial charge on any atom is -0.383 e. The van der Waals surface area contributed by atoms with Crippen LogP contribution >= 0.6 is 0 Å². The van der Waals surface area contributed by atoms with Crippen molar-refractivity contribution in [3.8, 4) is 0 Å². The van der Waals surface area contributed by atoms with Crippen LogP contribution in [0.5, 0.6) is 0 Å². The summed E-state index contributed by atoms with van der Waals surface area (Å²) < 4.78 is 7.09. The fraction of sp³-hybridized carbons (Fsp3) is 0.200. The summed E-state index contributed by atoms with van der Waals surface area (Å²) in [5, 5.41) is 3.77. The molecular formula is C15H16N4O2. The fourth-order valence-electron chi connectivity index (χ4n) is 2.33. The van der Waals surface area contributed by atoms with E-state index in [2.05, 4.69) is 15.3 Å². The summed E-state index contributed by atoms with van der Waals surface area (Å²) in [6, 6.07) is 9.78. The number of nitrogens with one attached hydrogen (secondary N) is 2. The SMILES string of the molecule is COCCn1c(C(=O)Nc2ncc[nH]2)cc2ccccc21. The van der Waals surface area contributed by atoms with Crippen molar-refractivity contribution >= 4 is 22.8 Å². The van der Waals surface area contributed by atoms with Crippen LogP contribution in [0.15, 0.2) is 42.7 Å². The Bertz CT molecular complexity index is 746. The number of imidazole rings is 1. The number of benzene rings is 1. The van der Waals surface area contributed by atoms with Gasteiger partial charge in [0.05, 0.1) is 6.61 Å². The molecule has 1 aromatic carbocycles. The largest absolute Gasteiger partial charge is 0.383 e. The van der Waals surface area contributed by atoms with Crippen LogP contribution in [-0.4, -0.2) is 34.2 Å². The van der Waals surface area contributed by atoms with Gasteiger partial charge in [0, 0.05) is 37.0 Å². The highest BCUT2D eigenvalue weighted by Crippen LogP contribution is 2.20. The van der Waals surface area contributed by atoms with Crippen LogP contribution in [0.25, 0.3) is 10.9 Å². The Kier molecular flexibility index (Phi) is 3.70. The fourth-order valence-corrected chi connectivity index (χ4v) is 2.33. The average molecular weight is 284 g/mol. The number of amides is 1. The maximum Gasteiger partial charge on any atom is 0.274 e. The van der Waals surface area contributed by atoms with Crippen molar-refractivity contribution in [3.63, 3.8) is 0 Å². The number of methoxy groups -OCH3 is 1. The highest BCUT2D eigenvalue weighted by Gasteiger charge is 2.16. The molecule has 21 heavy (non-hydrogen) atoms. The number of hydrogen-bond donors (Lipinski definition) is 2. The number of ether oxygens (including phenoxy) is 1. The second kappa shape index (κ2) is 5.80. The summed E-state index contributed by atoms with van der Waals surface area (Å²) in [7, 11) is 1.65. The molecule has 2 N–H and O–H groups in total. The molecule has 0 aliphatic heterocycles. The lowest BCUT2D eigenvalue weighted by Gasteiger charge is -2.09. The van der Waals surface area contributed by atoms with Crippen molar-refractivity contribution in [2.45, 2.75) is 6.54 Å². The minimum absolute atomic E-state index is 0.197. The van der Waals surface area contributed by atoms with Gasteiger partial charge in [0.1, 0.15) is 5.69 Å². The molecule has 0 fully saturated rings. The van der Waals surface area contributed by atoms with Gasteiger partial charge >= 0.3 is 0 Å². The standard InChI is InChI=1S/C15H16N4O2/c1-21-9-8-19-12-5-3-2-4-11(12)10-13(19)14(20)18-15-16-6-7-17-15/h2-7,10H,8-9H2,1H3,(H2,16,17,18,20). The predicted molar refractivity (Wildman–Crippen MR) is 80.4 cm³/mol. The molecule has 3 aromatic rings. The Labute approximate surface area is 121 Å². The van der Waals surface area contributed by atoms with E-state index in [-0.39, 0.29) is 5.91 Å². The number of rotatable bonds is 5. The van der Waals surface area contributed by atoms with Gasteiger partial charge in [-0.25, -0.2) is 4.98 Å². The molecule has 108 valence electrons. The van der Waals surface area contributed by atoms with Gasteiger partial charge in [-0.05, 0) is 12.1 Å². The van der Waals surface area contributed by atoms with E-state index in [1.165, 1.54) is 0 Å². The van der Waals surface area contributed by atoms with E-state index in [0.717, 1.165) is 10.9 Å². The van der Waals surface area contributed by atoms with Gasteiger partial charge in [0.25, 0.3) is 5.91 Å². The van der Waals surface area contributed by atoms with Gasteiger partial charge < -0.3 is 14.3 Å². The molecule has 1 amide bonds. The van der Waals surface area contributed by atoms with Crippen LogP contribution in [0.4, 0.5) is 5.95 Å². The lowest BCUT2D eigenvalue weighted by Crippen LogP contribution is -2.19. The number of fused-ring (bicyclic) bond motifs is 1. The zero-order chi connectivity index (χ0) is 14.7. The van der Waals surface area contributed by atoms with Crippen molar-refractivity contribution < 1.29 is 9.53 Å². The van der Waals surface area contributed by atoms with Crippen LogP contribution in [0, 0.1) is 0 Å². The molecule has 6 heteroatoms. The van der Waals surface area contributed by atoms with Crippen LogP contribution < -0.4 is 5.32 Å². The zero-order valence-corrected chi connectivity index (χ0v) is 11.7. The second-order valence-electron chi connectivity index (χ2n) is 4.62. The third kappa shape index (κ3) is 2.66. The number of para-hydroxylation sites is 1. The number of H-pyrrole nitrogens is 1. The number of hydrogen-bond acceptors (Lipinski definition) is 3. The van der Waals surface area contributed by atoms with E-state index in [9.17, 15) is 4.79 Å². The first-order valence-electron chi connectivity index (χ1n) is 6.67. The summed E-state index contributed by atoms with van der Waals surface area (Å²) in [5.41, 5.74) is 1.60. The van der Waals surface area contributed by atoms with E-state index >= 15 is 0 Å². The van der Waals surface area contributed by atoms with Gasteiger partial charge in [-0.1, -0.05) is 18.2 Å². The molecular weight excluding hydrogens is 268 g/mol. The van der Waals surface area contributed by atoms with E-state index in [1.54, 1.807) is 19.5 Å². The van der Waals surface area contributed by atoms with Crippen LogP contribution in [0.2, 0.25) is 0 Å². The molecule has 2 heterocycles. The summed E-state index contributed by atoms with van der Waals surface area (Å²) in [6.45, 7) is 1.16. The minimum atomic E-state index is -0.197. The molecule has 0 aliphatic carbocycles. The van der Waals surface area contributed by atoms with E-state index in [4.69, 9.17) is 4.74 Å². The Balaban J connectivity index is 1.97. The van der Waals surface area contributed by atoms with Gasteiger partial charge in [0.2, 0.25) is 5.95 Å². The smallest absolute Gasteiger partial charge is 0.274 e. The lowest BCUT2D eigenvalue weighted by molar-refractivity contribution is 0.101. The van der Waals surface area contributed by atoms with Crippen molar-refractivity contribution in [2.75, 3.05) is 19.0 Å². The van der Waals surface area contributed by atoms with Crippen molar-refractivity contribution in [3.05, 3.63) is 48.4 Å². The van der Waals surface area contributed by atoms with Crippen LogP contribution in [-0.2, 0) is 11.3 Å². The molecule has 0 atom stereocenters. The maximum absolute atomic E-state index is 12.4. The molecule has 0 aliphatic rings. The molecule has 0 saturated carbocycles. The number of aromatic nitrogens is 3. The van der Waals surface area contributed by atoms with Crippen molar-refractivity contribution in [2.24, 2.45) is 0 Å².